The minimum atomic E-state index is -1.34. The summed E-state index contributed by atoms with van der Waals surface area (Å²) in [5.41, 5.74) is 0. The summed E-state index contributed by atoms with van der Waals surface area (Å²) < 4.78 is -1.34. The van der Waals surface area contributed by atoms with Crippen molar-refractivity contribution < 1.29 is 14.7 Å². The molecule has 0 amide bonds. The normalized spacial score (nSPS) is 36.2. The van der Waals surface area contributed by atoms with Crippen molar-refractivity contribution in [1.29, 1.82) is 0 Å². The number of hydrogen-bond acceptors (Lipinski definition) is 2. The molecule has 17 heavy (non-hydrogen) atoms. The van der Waals surface area contributed by atoms with Gasteiger partial charge in [-0.25, -0.2) is 0 Å². The van der Waals surface area contributed by atoms with Gasteiger partial charge in [-0.1, -0.05) is 36.5 Å². The number of rotatable bonds is 4. The van der Waals surface area contributed by atoms with Gasteiger partial charge in [-0.2, -0.15) is 0 Å². The number of hydrogen-bond donors (Lipinski definition) is 1. The fourth-order valence-corrected chi connectivity index (χ4v) is 4.35. The van der Waals surface area contributed by atoms with Gasteiger partial charge in [-0.3, -0.25) is 9.59 Å². The van der Waals surface area contributed by atoms with E-state index in [9.17, 15) is 14.7 Å². The highest BCUT2D eigenvalue weighted by Crippen LogP contribution is 2.61. The van der Waals surface area contributed by atoms with Gasteiger partial charge in [0.2, 0.25) is 0 Å². The van der Waals surface area contributed by atoms with E-state index in [2.05, 4.69) is 0 Å². The van der Waals surface area contributed by atoms with Crippen LogP contribution in [0.4, 0.5) is 0 Å². The van der Waals surface area contributed by atoms with Crippen molar-refractivity contribution in [3.05, 3.63) is 0 Å². The molecule has 2 saturated carbocycles. The van der Waals surface area contributed by atoms with Crippen molar-refractivity contribution in [1.82, 2.24) is 0 Å². The predicted molar refractivity (Wildman–Crippen MR) is 65.2 cm³/mol. The maximum absolute atomic E-state index is 11.6. The van der Waals surface area contributed by atoms with Crippen LogP contribution in [0.3, 0.4) is 0 Å². The maximum atomic E-state index is 11.6. The first kappa shape index (κ1) is 13.2. The Hall–Kier alpha value is -0.280. The number of carboxylic acid groups (broad SMARTS) is 1. The van der Waals surface area contributed by atoms with Crippen molar-refractivity contribution in [2.24, 2.45) is 23.7 Å². The van der Waals surface area contributed by atoms with Crippen LogP contribution in [0.2, 0.25) is 0 Å². The zero-order valence-electron chi connectivity index (χ0n) is 9.66. The number of carboxylic acids is 1. The Bertz CT molecular complexity index is 354. The van der Waals surface area contributed by atoms with E-state index in [-0.39, 0.29) is 23.5 Å². The van der Waals surface area contributed by atoms with Gasteiger partial charge in [0.05, 0.1) is 5.92 Å². The SMILES string of the molecule is CCCC(C(=O)O)C1CCC2C(=O)C(Cl)(Cl)C21. The lowest BCUT2D eigenvalue weighted by molar-refractivity contribution is -0.147. The van der Waals surface area contributed by atoms with Crippen LogP contribution in [0.15, 0.2) is 0 Å². The summed E-state index contributed by atoms with van der Waals surface area (Å²) in [4.78, 5) is 22.9. The van der Waals surface area contributed by atoms with Crippen LogP contribution < -0.4 is 0 Å². The van der Waals surface area contributed by atoms with Crippen LogP contribution in [0.1, 0.15) is 32.6 Å². The molecule has 3 nitrogen and oxygen atoms in total. The lowest BCUT2D eigenvalue weighted by Crippen LogP contribution is -2.57. The van der Waals surface area contributed by atoms with Crippen LogP contribution in [0.5, 0.6) is 0 Å². The third-order valence-corrected chi connectivity index (χ3v) is 5.10. The molecule has 4 unspecified atom stereocenters. The molecular formula is C12H16Cl2O3. The number of halogens is 2. The highest BCUT2D eigenvalue weighted by atomic mass is 35.5. The average Bonchev–Trinajstić information content (AvgIpc) is 2.67. The Labute approximate surface area is 110 Å². The molecule has 0 spiro atoms. The second-order valence-electron chi connectivity index (χ2n) is 5.09. The van der Waals surface area contributed by atoms with Crippen LogP contribution in [0, 0.1) is 23.7 Å². The molecule has 0 aromatic heterocycles. The number of carbonyl (C=O) groups excluding carboxylic acids is 1. The standard InChI is InChI=1S/C12H16Cl2O3/c1-2-3-7(11(16)17)6-4-5-8-9(6)12(13,14)10(8)15/h6-9H,2-5H2,1H3,(H,16,17). The molecule has 0 aromatic rings. The van der Waals surface area contributed by atoms with E-state index in [0.717, 1.165) is 19.3 Å². The Morgan fingerprint density at radius 3 is 2.71 bits per heavy atom. The first-order valence-electron chi connectivity index (χ1n) is 6.06. The molecule has 2 aliphatic carbocycles. The Kier molecular flexibility index (Phi) is 3.43. The van der Waals surface area contributed by atoms with Gasteiger partial charge in [0.25, 0.3) is 0 Å². The molecule has 2 aliphatic rings. The van der Waals surface area contributed by atoms with E-state index >= 15 is 0 Å². The van der Waals surface area contributed by atoms with E-state index in [4.69, 9.17) is 23.2 Å². The molecule has 1 N–H and O–H groups in total. The molecule has 0 bridgehead atoms. The minimum Gasteiger partial charge on any atom is -0.481 e. The zero-order valence-corrected chi connectivity index (χ0v) is 11.2. The molecule has 0 aromatic carbocycles. The van der Waals surface area contributed by atoms with Crippen molar-refractivity contribution in [3.63, 3.8) is 0 Å². The molecule has 4 atom stereocenters. The fraction of sp³-hybridized carbons (Fsp3) is 0.833. The van der Waals surface area contributed by atoms with Gasteiger partial charge in [0, 0.05) is 11.8 Å². The second-order valence-corrected chi connectivity index (χ2v) is 6.48. The Morgan fingerprint density at radius 2 is 2.18 bits per heavy atom. The van der Waals surface area contributed by atoms with Crippen molar-refractivity contribution in [3.8, 4) is 0 Å². The van der Waals surface area contributed by atoms with Gasteiger partial charge >= 0.3 is 5.97 Å². The highest BCUT2D eigenvalue weighted by Gasteiger charge is 2.66. The molecule has 2 rings (SSSR count). The van der Waals surface area contributed by atoms with Gasteiger partial charge in [0.1, 0.15) is 0 Å². The quantitative estimate of drug-likeness (QED) is 0.805. The number of fused-ring (bicyclic) bond motifs is 1. The summed E-state index contributed by atoms with van der Waals surface area (Å²) in [6, 6.07) is 0. The van der Waals surface area contributed by atoms with Crippen molar-refractivity contribution >= 4 is 35.0 Å². The number of carbonyl (C=O) groups is 2. The predicted octanol–water partition coefficient (Wildman–Crippen LogP) is 2.89. The molecule has 0 radical (unpaired) electrons. The molecular weight excluding hydrogens is 263 g/mol. The maximum Gasteiger partial charge on any atom is 0.306 e. The van der Waals surface area contributed by atoms with Crippen LogP contribution >= 0.6 is 23.2 Å². The fourth-order valence-electron chi connectivity index (χ4n) is 3.44. The summed E-state index contributed by atoms with van der Waals surface area (Å²) in [6.45, 7) is 1.96. The molecule has 96 valence electrons. The second kappa shape index (κ2) is 4.43. The van der Waals surface area contributed by atoms with Gasteiger partial charge < -0.3 is 5.11 Å². The number of alkyl halides is 2. The van der Waals surface area contributed by atoms with E-state index in [1.807, 2.05) is 6.92 Å². The van der Waals surface area contributed by atoms with E-state index in [1.54, 1.807) is 0 Å². The molecule has 5 heteroatoms. The Morgan fingerprint density at radius 1 is 1.53 bits per heavy atom. The molecule has 0 aliphatic heterocycles. The summed E-state index contributed by atoms with van der Waals surface area (Å²) in [5, 5.41) is 9.26. The van der Waals surface area contributed by atoms with Gasteiger partial charge in [0.15, 0.2) is 10.1 Å². The summed E-state index contributed by atoms with van der Waals surface area (Å²) >= 11 is 12.0. The monoisotopic (exact) mass is 278 g/mol. The van der Waals surface area contributed by atoms with E-state index in [0.29, 0.717) is 6.42 Å². The lowest BCUT2D eigenvalue weighted by atomic mass is 9.67. The minimum absolute atomic E-state index is 0.0508. The number of Topliss-reactive ketones (excluding diaryl/α,β-unsaturated/α-hetero) is 1. The number of aliphatic carboxylic acids is 1. The first-order chi connectivity index (χ1) is 7.91. The van der Waals surface area contributed by atoms with Gasteiger partial charge in [-0.05, 0) is 25.2 Å². The number of ketones is 1. The van der Waals surface area contributed by atoms with Crippen LogP contribution in [-0.2, 0) is 9.59 Å². The first-order valence-corrected chi connectivity index (χ1v) is 6.81. The summed E-state index contributed by atoms with van der Waals surface area (Å²) in [6.07, 6.45) is 2.93. The average molecular weight is 279 g/mol. The third kappa shape index (κ3) is 1.88. The van der Waals surface area contributed by atoms with Crippen LogP contribution in [-0.4, -0.2) is 21.2 Å². The zero-order chi connectivity index (χ0) is 12.8. The van der Waals surface area contributed by atoms with Crippen molar-refractivity contribution in [2.75, 3.05) is 0 Å². The summed E-state index contributed by atoms with van der Waals surface area (Å²) in [7, 11) is 0. The van der Waals surface area contributed by atoms with E-state index < -0.39 is 16.2 Å². The molecule has 0 heterocycles. The Balaban J connectivity index is 2.17. The summed E-state index contributed by atoms with van der Waals surface area (Å²) in [5.74, 6) is -1.64. The highest BCUT2D eigenvalue weighted by molar-refractivity contribution is 6.60. The lowest BCUT2D eigenvalue weighted by Gasteiger charge is -2.45. The molecule has 2 fully saturated rings. The largest absolute Gasteiger partial charge is 0.481 e. The van der Waals surface area contributed by atoms with Gasteiger partial charge in [-0.15, -0.1) is 0 Å². The van der Waals surface area contributed by atoms with Crippen molar-refractivity contribution in [2.45, 2.75) is 36.9 Å². The third-order valence-electron chi connectivity index (χ3n) is 4.22. The van der Waals surface area contributed by atoms with E-state index in [1.165, 1.54) is 0 Å². The smallest absolute Gasteiger partial charge is 0.306 e. The van der Waals surface area contributed by atoms with Crippen LogP contribution in [0.25, 0.3) is 0 Å². The molecule has 0 saturated heterocycles. The topological polar surface area (TPSA) is 54.4 Å².